The van der Waals surface area contributed by atoms with Crippen molar-refractivity contribution < 1.29 is 18.3 Å². The molecular weight excluding hydrogens is 183 g/mol. The Morgan fingerprint density at radius 2 is 2.08 bits per heavy atom. The van der Waals surface area contributed by atoms with Crippen LogP contribution in [0.1, 0.15) is 25.7 Å². The van der Waals surface area contributed by atoms with Gasteiger partial charge in [-0.25, -0.2) is 0 Å². The molecule has 0 radical (unpaired) electrons. The molecule has 3 atom stereocenters. The van der Waals surface area contributed by atoms with Gasteiger partial charge < -0.3 is 10.4 Å². The van der Waals surface area contributed by atoms with Crippen LogP contribution in [0.4, 0.5) is 13.2 Å². The molecule has 0 amide bonds. The minimum absolute atomic E-state index is 0.109. The summed E-state index contributed by atoms with van der Waals surface area (Å²) in [5.41, 5.74) is -1.80. The van der Waals surface area contributed by atoms with Gasteiger partial charge >= 0.3 is 6.18 Å². The molecule has 0 aromatic carbocycles. The van der Waals surface area contributed by atoms with E-state index in [2.05, 4.69) is 5.32 Å². The zero-order valence-electron chi connectivity index (χ0n) is 7.06. The van der Waals surface area contributed by atoms with Gasteiger partial charge in [-0.2, -0.15) is 13.2 Å². The first-order chi connectivity index (χ1) is 5.93. The molecule has 76 valence electrons. The molecule has 2 N–H and O–H groups in total. The molecule has 2 rings (SSSR count). The van der Waals surface area contributed by atoms with Gasteiger partial charge in [0.1, 0.15) is 5.54 Å². The third-order valence-corrected chi connectivity index (χ3v) is 3.08. The Hall–Kier alpha value is -0.290. The second-order valence-corrected chi connectivity index (χ2v) is 4.05. The summed E-state index contributed by atoms with van der Waals surface area (Å²) in [5.74, 6) is 0. The predicted molar refractivity (Wildman–Crippen MR) is 40.2 cm³/mol. The lowest BCUT2D eigenvalue weighted by Crippen LogP contribution is -2.59. The highest BCUT2D eigenvalue weighted by Gasteiger charge is 2.60. The Balaban J connectivity index is 2.23. The number of fused-ring (bicyclic) bond motifs is 2. The van der Waals surface area contributed by atoms with Gasteiger partial charge in [-0.3, -0.25) is 0 Å². The first kappa shape index (κ1) is 9.27. The lowest BCUT2D eigenvalue weighted by molar-refractivity contribution is -0.205. The maximum absolute atomic E-state index is 12.6. The van der Waals surface area contributed by atoms with Gasteiger partial charge in [0, 0.05) is 12.5 Å². The first-order valence-electron chi connectivity index (χ1n) is 4.45. The maximum atomic E-state index is 12.6. The molecule has 2 fully saturated rings. The minimum Gasteiger partial charge on any atom is -0.393 e. The smallest absolute Gasteiger partial charge is 0.393 e. The van der Waals surface area contributed by atoms with Crippen LogP contribution < -0.4 is 5.32 Å². The topological polar surface area (TPSA) is 32.3 Å². The number of halogens is 3. The molecule has 0 saturated carbocycles. The van der Waals surface area contributed by atoms with Gasteiger partial charge in [0.2, 0.25) is 0 Å². The predicted octanol–water partition coefficient (Wildman–Crippen LogP) is 1.19. The molecule has 2 aliphatic heterocycles. The van der Waals surface area contributed by atoms with Crippen LogP contribution in [0.2, 0.25) is 0 Å². The number of hydrogen-bond acceptors (Lipinski definition) is 2. The van der Waals surface area contributed by atoms with Crippen molar-refractivity contribution in [2.75, 3.05) is 0 Å². The van der Waals surface area contributed by atoms with Gasteiger partial charge in [-0.15, -0.1) is 0 Å². The summed E-state index contributed by atoms with van der Waals surface area (Å²) < 4.78 is 37.9. The average Bonchev–Trinajstić information content (AvgIpc) is 2.26. The highest BCUT2D eigenvalue weighted by Crippen LogP contribution is 2.45. The fourth-order valence-corrected chi connectivity index (χ4v) is 2.45. The first-order valence-corrected chi connectivity index (χ1v) is 4.45. The molecule has 0 spiro atoms. The van der Waals surface area contributed by atoms with Crippen molar-refractivity contribution in [2.45, 2.75) is 49.5 Å². The van der Waals surface area contributed by atoms with Crippen LogP contribution in [0.15, 0.2) is 0 Å². The molecule has 2 bridgehead atoms. The van der Waals surface area contributed by atoms with E-state index < -0.39 is 17.8 Å². The van der Waals surface area contributed by atoms with Crippen molar-refractivity contribution in [3.8, 4) is 0 Å². The normalized spacial score (nSPS) is 45.2. The van der Waals surface area contributed by atoms with E-state index in [-0.39, 0.29) is 18.9 Å². The van der Waals surface area contributed by atoms with E-state index in [0.717, 1.165) is 0 Å². The van der Waals surface area contributed by atoms with E-state index >= 15 is 0 Å². The van der Waals surface area contributed by atoms with Crippen LogP contribution in [0.25, 0.3) is 0 Å². The molecule has 3 unspecified atom stereocenters. The van der Waals surface area contributed by atoms with E-state index in [9.17, 15) is 18.3 Å². The highest BCUT2D eigenvalue weighted by molar-refractivity contribution is 5.08. The van der Waals surface area contributed by atoms with E-state index in [1.165, 1.54) is 0 Å². The molecule has 2 saturated heterocycles. The van der Waals surface area contributed by atoms with Gasteiger partial charge in [-0.05, 0) is 19.3 Å². The van der Waals surface area contributed by atoms with Crippen LogP contribution in [-0.2, 0) is 0 Å². The van der Waals surface area contributed by atoms with Crippen molar-refractivity contribution in [2.24, 2.45) is 0 Å². The number of alkyl halides is 3. The number of aliphatic hydroxyl groups is 1. The van der Waals surface area contributed by atoms with E-state index in [1.807, 2.05) is 0 Å². The van der Waals surface area contributed by atoms with Crippen LogP contribution in [-0.4, -0.2) is 29.0 Å². The van der Waals surface area contributed by atoms with Crippen LogP contribution in [0.5, 0.6) is 0 Å². The number of hydrogen-bond donors (Lipinski definition) is 2. The van der Waals surface area contributed by atoms with Crippen molar-refractivity contribution in [1.29, 1.82) is 0 Å². The second-order valence-electron chi connectivity index (χ2n) is 4.05. The third-order valence-electron chi connectivity index (χ3n) is 3.08. The summed E-state index contributed by atoms with van der Waals surface area (Å²) in [6.07, 6.45) is -4.13. The SMILES string of the molecule is OC1CC2CCC(C(F)(F)F)(C1)N2. The molecule has 2 nitrogen and oxygen atoms in total. The third kappa shape index (κ3) is 1.34. The molecule has 0 aliphatic carbocycles. The summed E-state index contributed by atoms with van der Waals surface area (Å²) in [4.78, 5) is 0. The lowest BCUT2D eigenvalue weighted by Gasteiger charge is -2.38. The Morgan fingerprint density at radius 3 is 2.69 bits per heavy atom. The van der Waals surface area contributed by atoms with E-state index in [4.69, 9.17) is 0 Å². The molecule has 0 aromatic rings. The summed E-state index contributed by atoms with van der Waals surface area (Å²) in [5, 5.41) is 11.9. The standard InChI is InChI=1S/C8H12F3NO/c9-8(10,11)7-2-1-5(12-7)3-6(13)4-7/h5-6,12-13H,1-4H2. The lowest BCUT2D eigenvalue weighted by atomic mass is 9.88. The largest absolute Gasteiger partial charge is 0.406 e. The van der Waals surface area contributed by atoms with Crippen molar-refractivity contribution in [3.63, 3.8) is 0 Å². The second kappa shape index (κ2) is 2.60. The monoisotopic (exact) mass is 195 g/mol. The number of nitrogens with one attached hydrogen (secondary N) is 1. The summed E-state index contributed by atoms with van der Waals surface area (Å²) in [7, 11) is 0. The molecule has 0 aromatic heterocycles. The summed E-state index contributed by atoms with van der Waals surface area (Å²) >= 11 is 0. The minimum atomic E-state index is -4.23. The molecule has 5 heteroatoms. The van der Waals surface area contributed by atoms with E-state index in [1.54, 1.807) is 0 Å². The van der Waals surface area contributed by atoms with E-state index in [0.29, 0.717) is 12.8 Å². The maximum Gasteiger partial charge on any atom is 0.406 e. The zero-order chi connectivity index (χ0) is 9.69. The zero-order valence-corrected chi connectivity index (χ0v) is 7.06. The van der Waals surface area contributed by atoms with Crippen molar-refractivity contribution >= 4 is 0 Å². The van der Waals surface area contributed by atoms with Crippen LogP contribution in [0.3, 0.4) is 0 Å². The number of piperidine rings is 1. The molecule has 2 aliphatic rings. The van der Waals surface area contributed by atoms with Gasteiger partial charge in [0.25, 0.3) is 0 Å². The molecule has 13 heavy (non-hydrogen) atoms. The fraction of sp³-hybridized carbons (Fsp3) is 1.00. The number of rotatable bonds is 0. The average molecular weight is 195 g/mol. The van der Waals surface area contributed by atoms with Crippen molar-refractivity contribution in [3.05, 3.63) is 0 Å². The number of aliphatic hydroxyl groups excluding tert-OH is 1. The van der Waals surface area contributed by atoms with Crippen LogP contribution >= 0.6 is 0 Å². The Kier molecular flexibility index (Phi) is 1.86. The molecule has 2 heterocycles. The van der Waals surface area contributed by atoms with Crippen molar-refractivity contribution in [1.82, 2.24) is 5.32 Å². The van der Waals surface area contributed by atoms with Gasteiger partial charge in [0.05, 0.1) is 6.10 Å². The van der Waals surface area contributed by atoms with Crippen LogP contribution in [0, 0.1) is 0 Å². The summed E-state index contributed by atoms with van der Waals surface area (Å²) in [6.45, 7) is 0. The van der Waals surface area contributed by atoms with Gasteiger partial charge in [-0.1, -0.05) is 0 Å². The quantitative estimate of drug-likeness (QED) is 0.608. The Morgan fingerprint density at radius 1 is 1.38 bits per heavy atom. The highest BCUT2D eigenvalue weighted by atomic mass is 19.4. The Bertz CT molecular complexity index is 218. The van der Waals surface area contributed by atoms with Gasteiger partial charge in [0.15, 0.2) is 0 Å². The summed E-state index contributed by atoms with van der Waals surface area (Å²) in [6, 6.07) is -0.148. The fourth-order valence-electron chi connectivity index (χ4n) is 2.45. The Labute approximate surface area is 74.1 Å². The molecular formula is C8H12F3NO.